The Bertz CT molecular complexity index is 1410. The number of aryl methyl sites for hydroxylation is 1. The minimum Gasteiger partial charge on any atom is -0.373 e. The molecule has 6 rings (SSSR count). The fourth-order valence-corrected chi connectivity index (χ4v) is 6.10. The average Bonchev–Trinajstić information content (AvgIpc) is 3.20. The van der Waals surface area contributed by atoms with Gasteiger partial charge in [0.2, 0.25) is 0 Å². The van der Waals surface area contributed by atoms with Crippen LogP contribution in [-0.2, 0) is 25.4 Å². The van der Waals surface area contributed by atoms with Gasteiger partial charge in [0.05, 0.1) is 36.7 Å². The largest absolute Gasteiger partial charge is 0.373 e. The molecule has 1 aromatic carbocycles. The van der Waals surface area contributed by atoms with Gasteiger partial charge in [-0.15, -0.1) is 5.10 Å². The van der Waals surface area contributed by atoms with Crippen molar-refractivity contribution in [1.29, 1.82) is 0 Å². The number of rotatable bonds is 8. The van der Waals surface area contributed by atoms with Crippen LogP contribution in [-0.4, -0.2) is 67.9 Å². The van der Waals surface area contributed by atoms with E-state index in [-0.39, 0.29) is 41.8 Å². The molecule has 3 fully saturated rings. The summed E-state index contributed by atoms with van der Waals surface area (Å²) in [5.41, 5.74) is 2.70. The van der Waals surface area contributed by atoms with E-state index in [2.05, 4.69) is 10.3 Å². The Labute approximate surface area is 232 Å². The van der Waals surface area contributed by atoms with Crippen LogP contribution in [0.15, 0.2) is 18.2 Å². The van der Waals surface area contributed by atoms with Crippen molar-refractivity contribution in [1.82, 2.24) is 25.0 Å². The number of ether oxygens (including phenoxy) is 4. The Morgan fingerprint density at radius 3 is 2.58 bits per heavy atom. The highest BCUT2D eigenvalue weighted by Gasteiger charge is 2.56. The number of halogens is 2. The predicted octanol–water partition coefficient (Wildman–Crippen LogP) is 4.82. The number of hydrogen-bond donors (Lipinski definition) is 0. The van der Waals surface area contributed by atoms with Crippen molar-refractivity contribution < 1.29 is 27.7 Å². The Morgan fingerprint density at radius 2 is 1.82 bits per heavy atom. The zero-order chi connectivity index (χ0) is 28.4. The van der Waals surface area contributed by atoms with Gasteiger partial charge in [0.1, 0.15) is 18.0 Å². The standard InChI is InChI=1S/C29H37F2N5O4/c1-15-32-21(13-17-11-18(17)16-7-8-19(30)20(31)12-16)24-27(33-15)36(35-34-24)22-14-23(37-9-10-38-28(2,3)4)26-25(22)39-29(5,6)40-26/h7-8,12,17-18,22-23,25-26H,9-11,13-14H2,1-6H3/t17-,18-,22+,23-,25-,26+/m0/s1. The van der Waals surface area contributed by atoms with E-state index in [4.69, 9.17) is 28.9 Å². The van der Waals surface area contributed by atoms with Gasteiger partial charge in [-0.1, -0.05) is 11.3 Å². The molecule has 2 aromatic heterocycles. The highest BCUT2D eigenvalue weighted by molar-refractivity contribution is 5.72. The number of aromatic nitrogens is 5. The van der Waals surface area contributed by atoms with Crippen LogP contribution in [0.1, 0.15) is 76.5 Å². The van der Waals surface area contributed by atoms with Gasteiger partial charge in [0.25, 0.3) is 0 Å². The van der Waals surface area contributed by atoms with Crippen LogP contribution in [0.2, 0.25) is 0 Å². The molecule has 2 saturated carbocycles. The normalized spacial score (nSPS) is 29.3. The van der Waals surface area contributed by atoms with E-state index in [1.54, 1.807) is 6.07 Å². The molecule has 6 atom stereocenters. The summed E-state index contributed by atoms with van der Waals surface area (Å²) in [6, 6.07) is 3.98. The molecule has 0 amide bonds. The van der Waals surface area contributed by atoms with E-state index in [0.717, 1.165) is 17.7 Å². The van der Waals surface area contributed by atoms with Gasteiger partial charge in [-0.25, -0.2) is 23.4 Å². The van der Waals surface area contributed by atoms with Crippen molar-refractivity contribution in [2.45, 2.75) is 102 Å². The van der Waals surface area contributed by atoms with Crippen molar-refractivity contribution in [3.8, 4) is 0 Å². The Hall–Kier alpha value is -2.60. The first kappa shape index (κ1) is 27.6. The van der Waals surface area contributed by atoms with E-state index < -0.39 is 17.4 Å². The monoisotopic (exact) mass is 557 g/mol. The molecule has 0 N–H and O–H groups in total. The average molecular weight is 558 g/mol. The van der Waals surface area contributed by atoms with Crippen molar-refractivity contribution >= 4 is 11.2 Å². The zero-order valence-electron chi connectivity index (χ0n) is 23.9. The van der Waals surface area contributed by atoms with Gasteiger partial charge in [0.15, 0.2) is 28.6 Å². The van der Waals surface area contributed by atoms with Gasteiger partial charge >= 0.3 is 0 Å². The molecule has 0 spiro atoms. The molecule has 40 heavy (non-hydrogen) atoms. The molecule has 0 bridgehead atoms. The first-order valence-corrected chi connectivity index (χ1v) is 14.0. The molecular formula is C29H37F2N5O4. The Kier molecular flexibility index (Phi) is 6.92. The van der Waals surface area contributed by atoms with Gasteiger partial charge < -0.3 is 18.9 Å². The van der Waals surface area contributed by atoms with Gasteiger partial charge in [-0.3, -0.25) is 0 Å². The maximum absolute atomic E-state index is 13.8. The molecule has 1 saturated heterocycles. The summed E-state index contributed by atoms with van der Waals surface area (Å²) in [4.78, 5) is 9.42. The third-order valence-corrected chi connectivity index (χ3v) is 7.91. The van der Waals surface area contributed by atoms with Crippen LogP contribution in [0.4, 0.5) is 8.78 Å². The molecule has 3 aliphatic rings. The molecule has 2 aliphatic carbocycles. The highest BCUT2D eigenvalue weighted by Crippen LogP contribution is 2.50. The van der Waals surface area contributed by atoms with Crippen LogP contribution >= 0.6 is 0 Å². The topological polar surface area (TPSA) is 93.4 Å². The SMILES string of the molecule is Cc1nc(C[C@@H]2C[C@H]2c2ccc(F)c(F)c2)c2nnn([C@@H]3C[C@H](OCCOC(C)(C)C)[C@H]4OC(C)(C)O[C@H]43)c2n1. The maximum atomic E-state index is 13.8. The second-order valence-electron chi connectivity index (χ2n) is 12.6. The fourth-order valence-electron chi connectivity index (χ4n) is 6.10. The van der Waals surface area contributed by atoms with E-state index in [9.17, 15) is 8.78 Å². The summed E-state index contributed by atoms with van der Waals surface area (Å²) in [5.74, 6) is -1.33. The van der Waals surface area contributed by atoms with Gasteiger partial charge in [0, 0.05) is 6.42 Å². The molecule has 0 unspecified atom stereocenters. The quantitative estimate of drug-likeness (QED) is 0.364. The summed E-state index contributed by atoms with van der Waals surface area (Å²) in [7, 11) is 0. The molecular weight excluding hydrogens is 520 g/mol. The summed E-state index contributed by atoms with van der Waals surface area (Å²) in [5, 5.41) is 9.04. The van der Waals surface area contributed by atoms with E-state index in [1.807, 2.05) is 46.2 Å². The summed E-state index contributed by atoms with van der Waals surface area (Å²) >= 11 is 0. The zero-order valence-corrected chi connectivity index (χ0v) is 23.9. The molecule has 1 aliphatic heterocycles. The van der Waals surface area contributed by atoms with Crippen molar-refractivity contribution in [3.05, 3.63) is 46.9 Å². The van der Waals surface area contributed by atoms with E-state index in [1.165, 1.54) is 12.1 Å². The number of hydrogen-bond acceptors (Lipinski definition) is 8. The lowest BCUT2D eigenvalue weighted by molar-refractivity contribution is -0.172. The first-order chi connectivity index (χ1) is 18.9. The minimum atomic E-state index is -0.828. The number of fused-ring (bicyclic) bond motifs is 2. The lowest BCUT2D eigenvalue weighted by Crippen LogP contribution is -2.32. The third kappa shape index (κ3) is 5.48. The summed E-state index contributed by atoms with van der Waals surface area (Å²) < 4.78 is 53.7. The first-order valence-electron chi connectivity index (χ1n) is 14.0. The van der Waals surface area contributed by atoms with Crippen molar-refractivity contribution in [2.24, 2.45) is 5.92 Å². The third-order valence-electron chi connectivity index (χ3n) is 7.91. The van der Waals surface area contributed by atoms with Crippen molar-refractivity contribution in [2.75, 3.05) is 13.2 Å². The highest BCUT2D eigenvalue weighted by atomic mass is 19.2. The molecule has 3 aromatic rings. The Morgan fingerprint density at radius 1 is 1.05 bits per heavy atom. The molecule has 216 valence electrons. The van der Waals surface area contributed by atoms with Crippen LogP contribution in [0, 0.1) is 24.5 Å². The molecule has 3 heterocycles. The second kappa shape index (κ2) is 10.0. The van der Waals surface area contributed by atoms with Crippen LogP contribution < -0.4 is 0 Å². The smallest absolute Gasteiger partial charge is 0.182 e. The fraction of sp³-hybridized carbons (Fsp3) is 0.655. The molecule has 11 heteroatoms. The molecule has 0 radical (unpaired) electrons. The maximum Gasteiger partial charge on any atom is 0.182 e. The Balaban J connectivity index is 1.22. The van der Waals surface area contributed by atoms with Crippen LogP contribution in [0.25, 0.3) is 11.2 Å². The van der Waals surface area contributed by atoms with Gasteiger partial charge in [-0.2, -0.15) is 0 Å². The number of nitrogens with zero attached hydrogens (tertiary/aromatic N) is 5. The van der Waals surface area contributed by atoms with E-state index >= 15 is 0 Å². The summed E-state index contributed by atoms with van der Waals surface area (Å²) in [6.07, 6.45) is 1.47. The van der Waals surface area contributed by atoms with Crippen LogP contribution in [0.3, 0.4) is 0 Å². The summed E-state index contributed by atoms with van der Waals surface area (Å²) in [6.45, 7) is 12.7. The predicted molar refractivity (Wildman–Crippen MR) is 142 cm³/mol. The van der Waals surface area contributed by atoms with Crippen LogP contribution in [0.5, 0.6) is 0 Å². The van der Waals surface area contributed by atoms with Crippen molar-refractivity contribution in [3.63, 3.8) is 0 Å². The van der Waals surface area contributed by atoms with E-state index in [0.29, 0.717) is 43.0 Å². The lowest BCUT2D eigenvalue weighted by atomic mass is 10.1. The lowest BCUT2D eigenvalue weighted by Gasteiger charge is -2.24. The molecule has 9 nitrogen and oxygen atoms in total. The minimum absolute atomic E-state index is 0.164. The second-order valence-corrected chi connectivity index (χ2v) is 12.6. The van der Waals surface area contributed by atoms with Gasteiger partial charge in [-0.05, 0) is 83.9 Å². The number of benzene rings is 1.